The van der Waals surface area contributed by atoms with Gasteiger partial charge in [0.1, 0.15) is 11.4 Å². The van der Waals surface area contributed by atoms with E-state index >= 15 is 0 Å². The number of carbonyl (C=O) groups excluding carboxylic acids is 2. The van der Waals surface area contributed by atoms with Crippen molar-refractivity contribution in [2.75, 3.05) is 6.54 Å². The summed E-state index contributed by atoms with van der Waals surface area (Å²) in [6.07, 6.45) is 9.98. The Morgan fingerprint density at radius 2 is 1.06 bits per heavy atom. The highest BCUT2D eigenvalue weighted by Crippen LogP contribution is 2.28. The number of nitrogens with two attached hydrogens (primary N) is 1. The number of unbranched alkanes of at least 4 members (excludes halogenated alkanes) is 4. The zero-order valence-corrected chi connectivity index (χ0v) is 30.7. The van der Waals surface area contributed by atoms with Crippen molar-refractivity contribution >= 4 is 47.2 Å². The van der Waals surface area contributed by atoms with Crippen molar-refractivity contribution in [2.24, 2.45) is 5.73 Å². The van der Waals surface area contributed by atoms with Crippen LogP contribution in [0.4, 0.5) is 0 Å². The standard InChI is InChI=1S/C19H25ClN2O.C18H24ClN3O.ClH/c1-4-6-7-8-17(5-2)22-19(14(3)23)13-18(21-22)15-9-11-16(20)12-10-15;1-3-4-5-6-16(12-20)22-18(13(2)23)11-17(21-22)14-7-9-15(19)10-8-14;/h9-13,17H,4-8H2,1-3H3;7-11,16H,3-6,12,20H2,1-2H3;1H. The number of Topliss-reactive ketones (excluding diaryl/α,β-unsaturated/α-hetero) is 2. The van der Waals surface area contributed by atoms with Gasteiger partial charge in [-0.25, -0.2) is 0 Å². The summed E-state index contributed by atoms with van der Waals surface area (Å²) in [6.45, 7) is 10.2. The molecule has 2 heterocycles. The fraction of sp³-hybridized carbons (Fsp3) is 0.459. The lowest BCUT2D eigenvalue weighted by Gasteiger charge is -2.17. The van der Waals surface area contributed by atoms with E-state index in [0.717, 1.165) is 61.0 Å². The third-order valence-electron chi connectivity index (χ3n) is 8.19. The van der Waals surface area contributed by atoms with Crippen molar-refractivity contribution in [2.45, 2.75) is 104 Å². The number of rotatable bonds is 16. The van der Waals surface area contributed by atoms with Crippen LogP contribution in [0.2, 0.25) is 10.0 Å². The van der Waals surface area contributed by atoms with E-state index in [4.69, 9.17) is 34.0 Å². The maximum absolute atomic E-state index is 12.0. The molecule has 0 amide bonds. The van der Waals surface area contributed by atoms with Crippen molar-refractivity contribution < 1.29 is 9.59 Å². The van der Waals surface area contributed by atoms with Crippen LogP contribution in [0.5, 0.6) is 0 Å². The monoisotopic (exact) mass is 701 g/mol. The summed E-state index contributed by atoms with van der Waals surface area (Å²) in [5, 5.41) is 10.8. The van der Waals surface area contributed by atoms with Crippen LogP contribution in [0.3, 0.4) is 0 Å². The molecule has 7 nitrogen and oxygen atoms in total. The number of nitrogens with zero attached hydrogens (tertiary/aromatic N) is 4. The number of hydrogen-bond donors (Lipinski definition) is 1. The third-order valence-corrected chi connectivity index (χ3v) is 8.69. The van der Waals surface area contributed by atoms with Crippen molar-refractivity contribution in [1.29, 1.82) is 0 Å². The van der Waals surface area contributed by atoms with Crippen LogP contribution in [0.1, 0.15) is 125 Å². The number of ketones is 2. The molecule has 10 heteroatoms. The first-order valence-electron chi connectivity index (χ1n) is 16.6. The third kappa shape index (κ3) is 11.6. The predicted molar refractivity (Wildman–Crippen MR) is 198 cm³/mol. The van der Waals surface area contributed by atoms with Crippen molar-refractivity contribution in [3.05, 3.63) is 82.1 Å². The Morgan fingerprint density at radius 1 is 0.681 bits per heavy atom. The first-order chi connectivity index (χ1) is 22.1. The first-order valence-corrected chi connectivity index (χ1v) is 17.3. The molecular weight excluding hydrogens is 653 g/mol. The van der Waals surface area contributed by atoms with Gasteiger partial charge >= 0.3 is 0 Å². The fourth-order valence-electron chi connectivity index (χ4n) is 5.49. The average Bonchev–Trinajstić information content (AvgIpc) is 3.69. The molecule has 47 heavy (non-hydrogen) atoms. The van der Waals surface area contributed by atoms with Gasteiger partial charge in [0.05, 0.1) is 23.5 Å². The Hall–Kier alpha value is -2.97. The second kappa shape index (κ2) is 20.4. The number of hydrogen-bond acceptors (Lipinski definition) is 5. The van der Waals surface area contributed by atoms with E-state index < -0.39 is 0 Å². The molecule has 2 atom stereocenters. The molecule has 0 saturated carbocycles. The van der Waals surface area contributed by atoms with Gasteiger partial charge in [0.15, 0.2) is 11.6 Å². The van der Waals surface area contributed by atoms with Gasteiger partial charge < -0.3 is 5.73 Å². The van der Waals surface area contributed by atoms with Gasteiger partial charge in [-0.3, -0.25) is 19.0 Å². The molecule has 0 radical (unpaired) electrons. The minimum absolute atomic E-state index is 0. The average molecular weight is 703 g/mol. The molecule has 0 aliphatic heterocycles. The highest BCUT2D eigenvalue weighted by molar-refractivity contribution is 6.30. The summed E-state index contributed by atoms with van der Waals surface area (Å²) in [5.74, 6) is 0.0679. The van der Waals surface area contributed by atoms with Crippen molar-refractivity contribution in [1.82, 2.24) is 19.6 Å². The van der Waals surface area contributed by atoms with Gasteiger partial charge in [-0.2, -0.15) is 10.2 Å². The number of benzene rings is 2. The van der Waals surface area contributed by atoms with Crippen LogP contribution in [-0.4, -0.2) is 37.7 Å². The molecule has 0 bridgehead atoms. The molecule has 256 valence electrons. The number of halogens is 3. The maximum Gasteiger partial charge on any atom is 0.177 e. The van der Waals surface area contributed by atoms with Gasteiger partial charge in [-0.05, 0) is 55.7 Å². The van der Waals surface area contributed by atoms with Gasteiger partial charge in [-0.15, -0.1) is 12.4 Å². The van der Waals surface area contributed by atoms with E-state index in [9.17, 15) is 9.59 Å². The molecule has 0 aliphatic carbocycles. The van der Waals surface area contributed by atoms with Gasteiger partial charge in [0, 0.05) is 41.6 Å². The Morgan fingerprint density at radius 3 is 1.40 bits per heavy atom. The second-order valence-corrected chi connectivity index (χ2v) is 12.7. The molecular formula is C37H50Cl3N5O2. The summed E-state index contributed by atoms with van der Waals surface area (Å²) >= 11 is 11.9. The second-order valence-electron chi connectivity index (χ2n) is 11.8. The Bertz CT molecular complexity index is 1410. The number of aromatic nitrogens is 4. The highest BCUT2D eigenvalue weighted by Gasteiger charge is 2.20. The SMILES string of the molecule is CCCCCC(CC)n1nc(-c2ccc(Cl)cc2)cc1C(C)=O.CCCCCC(CN)n1nc(-c2ccc(Cl)cc2)cc1C(C)=O.Cl. The predicted octanol–water partition coefficient (Wildman–Crippen LogP) is 10.8. The number of carbonyl (C=O) groups is 2. The lowest BCUT2D eigenvalue weighted by molar-refractivity contribution is 0.0991. The largest absolute Gasteiger partial charge is 0.328 e. The lowest BCUT2D eigenvalue weighted by Crippen LogP contribution is -2.23. The minimum atomic E-state index is 0. The lowest BCUT2D eigenvalue weighted by atomic mass is 10.1. The molecule has 2 aromatic carbocycles. The topological polar surface area (TPSA) is 95.8 Å². The van der Waals surface area contributed by atoms with E-state index in [1.54, 1.807) is 13.8 Å². The fourth-order valence-corrected chi connectivity index (χ4v) is 5.75. The van der Waals surface area contributed by atoms with Crippen LogP contribution < -0.4 is 5.73 Å². The van der Waals surface area contributed by atoms with Gasteiger partial charge in [-0.1, -0.05) is 107 Å². The van der Waals surface area contributed by atoms with Crippen LogP contribution >= 0.6 is 35.6 Å². The molecule has 0 fully saturated rings. The van der Waals surface area contributed by atoms with Crippen LogP contribution in [0.25, 0.3) is 22.5 Å². The highest BCUT2D eigenvalue weighted by atomic mass is 35.5. The van der Waals surface area contributed by atoms with E-state index in [1.165, 1.54) is 19.3 Å². The molecule has 2 unspecified atom stereocenters. The Balaban J connectivity index is 0.000000320. The van der Waals surface area contributed by atoms with Crippen LogP contribution in [0.15, 0.2) is 60.7 Å². The van der Waals surface area contributed by atoms with E-state index in [1.807, 2.05) is 70.0 Å². The molecule has 0 saturated heterocycles. The summed E-state index contributed by atoms with van der Waals surface area (Å²) in [5.41, 5.74) is 10.8. The van der Waals surface area contributed by atoms with Crippen LogP contribution in [-0.2, 0) is 0 Å². The minimum Gasteiger partial charge on any atom is -0.328 e. The van der Waals surface area contributed by atoms with Gasteiger partial charge in [0.2, 0.25) is 0 Å². The summed E-state index contributed by atoms with van der Waals surface area (Å²) < 4.78 is 3.74. The zero-order valence-electron chi connectivity index (χ0n) is 28.3. The van der Waals surface area contributed by atoms with E-state index in [2.05, 4.69) is 25.9 Å². The van der Waals surface area contributed by atoms with E-state index in [-0.39, 0.29) is 36.1 Å². The molecule has 0 aliphatic rings. The molecule has 0 spiro atoms. The Kier molecular flexibility index (Phi) is 17.5. The maximum atomic E-state index is 12.0. The smallest absolute Gasteiger partial charge is 0.177 e. The molecule has 2 aromatic heterocycles. The molecule has 4 aromatic rings. The summed E-state index contributed by atoms with van der Waals surface area (Å²) in [4.78, 5) is 24.0. The first kappa shape index (κ1) is 40.2. The van der Waals surface area contributed by atoms with Gasteiger partial charge in [0.25, 0.3) is 0 Å². The van der Waals surface area contributed by atoms with E-state index in [0.29, 0.717) is 28.0 Å². The summed E-state index contributed by atoms with van der Waals surface area (Å²) in [6, 6.07) is 19.1. The normalized spacial score (nSPS) is 12.1. The van der Waals surface area contributed by atoms with Crippen molar-refractivity contribution in [3.8, 4) is 22.5 Å². The molecule has 2 N–H and O–H groups in total. The zero-order chi connectivity index (χ0) is 33.6. The summed E-state index contributed by atoms with van der Waals surface area (Å²) in [7, 11) is 0. The van der Waals surface area contributed by atoms with Crippen LogP contribution in [0, 0.1) is 0 Å². The Labute approximate surface area is 296 Å². The molecule has 4 rings (SSSR count). The quantitative estimate of drug-likeness (QED) is 0.0926. The van der Waals surface area contributed by atoms with Crippen molar-refractivity contribution in [3.63, 3.8) is 0 Å².